The van der Waals surface area contributed by atoms with Crippen molar-refractivity contribution in [3.63, 3.8) is 0 Å². The Kier molecular flexibility index (Phi) is 21.5. The van der Waals surface area contributed by atoms with Crippen LogP contribution in [0.4, 0.5) is 0 Å². The molecule has 0 saturated heterocycles. The summed E-state index contributed by atoms with van der Waals surface area (Å²) in [5.41, 5.74) is 0. The van der Waals surface area contributed by atoms with E-state index in [2.05, 4.69) is 23.6 Å². The SMILES string of the molecule is CCCCCCCCC/C=C\CCCCCCCC(=O)OC(COC(=O)CC)COP(=O)(O)O. The molecule has 0 aromatic heterocycles. The lowest BCUT2D eigenvalue weighted by atomic mass is 10.1. The number of rotatable bonds is 23. The lowest BCUT2D eigenvalue weighted by Gasteiger charge is -2.18. The van der Waals surface area contributed by atoms with Gasteiger partial charge in [-0.3, -0.25) is 14.1 Å². The first-order valence-electron chi connectivity index (χ1n) is 13.0. The molecule has 200 valence electrons. The van der Waals surface area contributed by atoms with Crippen molar-refractivity contribution in [3.8, 4) is 0 Å². The number of allylic oxidation sites excluding steroid dienone is 2. The molecule has 0 saturated carbocycles. The van der Waals surface area contributed by atoms with Gasteiger partial charge >= 0.3 is 19.8 Å². The van der Waals surface area contributed by atoms with E-state index in [-0.39, 0.29) is 19.4 Å². The van der Waals surface area contributed by atoms with Crippen LogP contribution in [0, 0.1) is 0 Å². The summed E-state index contributed by atoms with van der Waals surface area (Å²) >= 11 is 0. The summed E-state index contributed by atoms with van der Waals surface area (Å²) in [6, 6.07) is 0. The van der Waals surface area contributed by atoms with Crippen molar-refractivity contribution < 1.29 is 37.9 Å². The Morgan fingerprint density at radius 3 is 1.82 bits per heavy atom. The Balaban J connectivity index is 3.78. The van der Waals surface area contributed by atoms with Gasteiger partial charge in [-0.15, -0.1) is 0 Å². The van der Waals surface area contributed by atoms with Crippen LogP contribution in [-0.4, -0.2) is 41.0 Å². The number of unbranched alkanes of at least 4 members (excludes halogenated alkanes) is 12. The molecule has 0 aliphatic rings. The zero-order valence-corrected chi connectivity index (χ0v) is 22.1. The summed E-state index contributed by atoms with van der Waals surface area (Å²) in [5, 5.41) is 0. The van der Waals surface area contributed by atoms with Crippen molar-refractivity contribution >= 4 is 19.8 Å². The first-order chi connectivity index (χ1) is 16.3. The summed E-state index contributed by atoms with van der Waals surface area (Å²) in [6.45, 7) is 3.01. The molecule has 0 aromatic rings. The minimum absolute atomic E-state index is 0.148. The second-order valence-electron chi connectivity index (χ2n) is 8.62. The molecular formula is C25H47O8P. The number of carbonyl (C=O) groups excluding carboxylic acids is 2. The van der Waals surface area contributed by atoms with Gasteiger partial charge in [0.2, 0.25) is 0 Å². The normalized spacial score (nSPS) is 12.7. The molecule has 0 amide bonds. The molecule has 8 nitrogen and oxygen atoms in total. The monoisotopic (exact) mass is 506 g/mol. The van der Waals surface area contributed by atoms with Gasteiger partial charge in [-0.25, -0.2) is 4.57 Å². The van der Waals surface area contributed by atoms with Gasteiger partial charge < -0.3 is 19.3 Å². The molecule has 0 fully saturated rings. The summed E-state index contributed by atoms with van der Waals surface area (Å²) in [4.78, 5) is 40.9. The third-order valence-corrected chi connectivity index (χ3v) is 5.82. The molecule has 9 heteroatoms. The maximum atomic E-state index is 12.0. The Bertz CT molecular complexity index is 587. The molecule has 34 heavy (non-hydrogen) atoms. The van der Waals surface area contributed by atoms with Crippen LogP contribution >= 0.6 is 7.82 Å². The van der Waals surface area contributed by atoms with E-state index >= 15 is 0 Å². The molecule has 0 heterocycles. The summed E-state index contributed by atoms with van der Waals surface area (Å²) in [6.07, 6.45) is 20.4. The second kappa shape index (κ2) is 22.3. The van der Waals surface area contributed by atoms with Gasteiger partial charge in [0.25, 0.3) is 0 Å². The average Bonchev–Trinajstić information content (AvgIpc) is 2.79. The lowest BCUT2D eigenvalue weighted by molar-refractivity contribution is -0.161. The van der Waals surface area contributed by atoms with E-state index in [4.69, 9.17) is 19.3 Å². The van der Waals surface area contributed by atoms with Crippen LogP contribution in [0.3, 0.4) is 0 Å². The van der Waals surface area contributed by atoms with Crippen molar-refractivity contribution in [1.29, 1.82) is 0 Å². The van der Waals surface area contributed by atoms with E-state index in [1.54, 1.807) is 6.92 Å². The fraction of sp³-hybridized carbons (Fsp3) is 0.840. The fourth-order valence-corrected chi connectivity index (χ4v) is 3.71. The zero-order valence-electron chi connectivity index (χ0n) is 21.3. The quantitative estimate of drug-likeness (QED) is 0.0708. The number of carbonyl (C=O) groups is 2. The Morgan fingerprint density at radius 2 is 1.29 bits per heavy atom. The molecule has 2 N–H and O–H groups in total. The van der Waals surface area contributed by atoms with Gasteiger partial charge in [0.15, 0.2) is 6.10 Å². The molecule has 0 bridgehead atoms. The Labute approximate surface area is 206 Å². The Hall–Kier alpha value is -1.21. The van der Waals surface area contributed by atoms with Crippen molar-refractivity contribution in [2.24, 2.45) is 0 Å². The number of phosphoric acid groups is 1. The number of ether oxygens (including phenoxy) is 2. The molecular weight excluding hydrogens is 459 g/mol. The maximum Gasteiger partial charge on any atom is 0.469 e. The van der Waals surface area contributed by atoms with Crippen LogP contribution < -0.4 is 0 Å². The van der Waals surface area contributed by atoms with Gasteiger partial charge in [-0.2, -0.15) is 0 Å². The van der Waals surface area contributed by atoms with E-state index in [1.165, 1.54) is 51.4 Å². The van der Waals surface area contributed by atoms with Crippen LogP contribution in [0.25, 0.3) is 0 Å². The number of phosphoric ester groups is 1. The van der Waals surface area contributed by atoms with Crippen LogP contribution in [0.2, 0.25) is 0 Å². The highest BCUT2D eigenvalue weighted by molar-refractivity contribution is 7.46. The third kappa shape index (κ3) is 23.9. The van der Waals surface area contributed by atoms with Crippen molar-refractivity contribution in [2.45, 2.75) is 123 Å². The number of hydrogen-bond acceptors (Lipinski definition) is 6. The van der Waals surface area contributed by atoms with Gasteiger partial charge in [0.1, 0.15) is 6.61 Å². The van der Waals surface area contributed by atoms with Gasteiger partial charge in [0.05, 0.1) is 6.61 Å². The first kappa shape index (κ1) is 32.8. The van der Waals surface area contributed by atoms with Gasteiger partial charge in [0, 0.05) is 12.8 Å². The van der Waals surface area contributed by atoms with Crippen LogP contribution in [0.1, 0.15) is 117 Å². The number of hydrogen-bond donors (Lipinski definition) is 2. The molecule has 0 spiro atoms. The lowest BCUT2D eigenvalue weighted by Crippen LogP contribution is -2.29. The highest BCUT2D eigenvalue weighted by atomic mass is 31.2. The van der Waals surface area contributed by atoms with Crippen molar-refractivity contribution in [3.05, 3.63) is 12.2 Å². The molecule has 0 aliphatic carbocycles. The van der Waals surface area contributed by atoms with E-state index in [0.29, 0.717) is 6.42 Å². The highest BCUT2D eigenvalue weighted by Gasteiger charge is 2.22. The van der Waals surface area contributed by atoms with E-state index in [9.17, 15) is 14.2 Å². The first-order valence-corrected chi connectivity index (χ1v) is 14.5. The van der Waals surface area contributed by atoms with Crippen LogP contribution in [0.5, 0.6) is 0 Å². The fourth-order valence-electron chi connectivity index (χ4n) is 3.35. The minimum atomic E-state index is -4.71. The van der Waals surface area contributed by atoms with Crippen LogP contribution in [0.15, 0.2) is 12.2 Å². The molecule has 0 rings (SSSR count). The van der Waals surface area contributed by atoms with E-state index < -0.39 is 32.5 Å². The van der Waals surface area contributed by atoms with E-state index in [0.717, 1.165) is 32.1 Å². The minimum Gasteiger partial charge on any atom is -0.462 e. The van der Waals surface area contributed by atoms with Crippen molar-refractivity contribution in [2.75, 3.05) is 13.2 Å². The maximum absolute atomic E-state index is 12.0. The largest absolute Gasteiger partial charge is 0.469 e. The molecule has 0 radical (unpaired) electrons. The van der Waals surface area contributed by atoms with Crippen molar-refractivity contribution in [1.82, 2.24) is 0 Å². The third-order valence-electron chi connectivity index (χ3n) is 5.34. The van der Waals surface area contributed by atoms with Gasteiger partial charge in [-0.05, 0) is 32.1 Å². The predicted octanol–water partition coefficient (Wildman–Crippen LogP) is 6.39. The van der Waals surface area contributed by atoms with Crippen LogP contribution in [-0.2, 0) is 28.2 Å². The summed E-state index contributed by atoms with van der Waals surface area (Å²) < 4.78 is 25.3. The highest BCUT2D eigenvalue weighted by Crippen LogP contribution is 2.35. The number of esters is 2. The van der Waals surface area contributed by atoms with Gasteiger partial charge in [-0.1, -0.05) is 83.8 Å². The molecule has 1 atom stereocenters. The summed E-state index contributed by atoms with van der Waals surface area (Å²) in [5.74, 6) is -0.995. The molecule has 0 aliphatic heterocycles. The zero-order chi connectivity index (χ0) is 25.5. The standard InChI is InChI=1S/C25H47O8P/c1-3-5-6-7-8-9-10-11-12-13-14-15-16-17-18-19-20-25(27)33-23(21-31-24(26)4-2)22-32-34(28,29)30/h12-13,23H,3-11,14-22H2,1-2H3,(H2,28,29,30)/b13-12-. The average molecular weight is 507 g/mol. The summed E-state index contributed by atoms with van der Waals surface area (Å²) in [7, 11) is -4.71. The van der Waals surface area contributed by atoms with E-state index in [1.807, 2.05) is 0 Å². The predicted molar refractivity (Wildman–Crippen MR) is 133 cm³/mol. The molecule has 1 unspecified atom stereocenters. The Morgan fingerprint density at radius 1 is 0.765 bits per heavy atom. The smallest absolute Gasteiger partial charge is 0.462 e. The molecule has 0 aromatic carbocycles. The topological polar surface area (TPSA) is 119 Å². The second-order valence-corrected chi connectivity index (χ2v) is 9.86.